The van der Waals surface area contributed by atoms with E-state index in [4.69, 9.17) is 11.5 Å². The average Bonchev–Trinajstić information content (AvgIpc) is 1.98. The van der Waals surface area contributed by atoms with Gasteiger partial charge in [-0.2, -0.15) is 0 Å². The topological polar surface area (TPSA) is 84.6 Å². The van der Waals surface area contributed by atoms with Gasteiger partial charge in [0.2, 0.25) is 0 Å². The van der Waals surface area contributed by atoms with Crippen molar-refractivity contribution in [3.8, 4) is 0 Å². The molecule has 0 bridgehead atoms. The number of nitrogens with two attached hydrogens (primary N) is 2. The SMILES string of the molecule is CCC(C)C(O)CN=C(N)N.I. The zero-order valence-electron chi connectivity index (χ0n) is 7.53. The number of aliphatic hydroxyl groups excluding tert-OH is 1. The van der Waals surface area contributed by atoms with Gasteiger partial charge in [-0.25, -0.2) is 0 Å². The lowest BCUT2D eigenvalue weighted by atomic mass is 10.0. The van der Waals surface area contributed by atoms with E-state index in [1.54, 1.807) is 0 Å². The van der Waals surface area contributed by atoms with Crippen LogP contribution >= 0.6 is 24.0 Å². The number of guanidine groups is 1. The summed E-state index contributed by atoms with van der Waals surface area (Å²) in [5.41, 5.74) is 10.2. The van der Waals surface area contributed by atoms with Crippen LogP contribution in [0.3, 0.4) is 0 Å². The molecule has 0 aromatic heterocycles. The molecule has 0 heterocycles. The lowest BCUT2D eigenvalue weighted by molar-refractivity contribution is 0.123. The number of halogens is 1. The Hall–Kier alpha value is -0.0400. The molecule has 0 spiro atoms. The van der Waals surface area contributed by atoms with Crippen LogP contribution in [-0.4, -0.2) is 23.7 Å². The van der Waals surface area contributed by atoms with Crippen molar-refractivity contribution in [2.45, 2.75) is 26.4 Å². The highest BCUT2D eigenvalue weighted by atomic mass is 127. The Balaban J connectivity index is 0. The Kier molecular flexibility index (Phi) is 9.17. The van der Waals surface area contributed by atoms with E-state index >= 15 is 0 Å². The van der Waals surface area contributed by atoms with Crippen molar-refractivity contribution in [1.82, 2.24) is 0 Å². The normalized spacial score (nSPS) is 14.2. The fourth-order valence-corrected chi connectivity index (χ4v) is 0.651. The van der Waals surface area contributed by atoms with Gasteiger partial charge in [0.25, 0.3) is 0 Å². The summed E-state index contributed by atoms with van der Waals surface area (Å²) in [6.07, 6.45) is 0.503. The molecule has 0 amide bonds. The number of hydrogen-bond acceptors (Lipinski definition) is 2. The Morgan fingerprint density at radius 3 is 2.33 bits per heavy atom. The maximum atomic E-state index is 9.35. The van der Waals surface area contributed by atoms with Crippen LogP contribution in [-0.2, 0) is 0 Å². The quantitative estimate of drug-likeness (QED) is 0.394. The van der Waals surface area contributed by atoms with Crippen molar-refractivity contribution >= 4 is 29.9 Å². The minimum atomic E-state index is -0.429. The number of nitrogens with zero attached hydrogens (tertiary/aromatic N) is 1. The summed E-state index contributed by atoms with van der Waals surface area (Å²) in [5, 5.41) is 9.35. The molecule has 0 aromatic rings. The Morgan fingerprint density at radius 2 is 2.00 bits per heavy atom. The molecular formula is C7H18IN3O. The Morgan fingerprint density at radius 1 is 1.50 bits per heavy atom. The van der Waals surface area contributed by atoms with Crippen molar-refractivity contribution in [2.75, 3.05) is 6.54 Å². The van der Waals surface area contributed by atoms with Crippen LogP contribution in [0.1, 0.15) is 20.3 Å². The van der Waals surface area contributed by atoms with Gasteiger partial charge in [-0.1, -0.05) is 20.3 Å². The number of hydrogen-bond donors (Lipinski definition) is 3. The van der Waals surface area contributed by atoms with Gasteiger partial charge in [0.05, 0.1) is 12.6 Å². The lowest BCUT2D eigenvalue weighted by Crippen LogP contribution is -2.27. The van der Waals surface area contributed by atoms with Crippen LogP contribution in [0, 0.1) is 5.92 Å². The first-order valence-corrected chi connectivity index (χ1v) is 3.81. The van der Waals surface area contributed by atoms with Crippen molar-refractivity contribution in [3.05, 3.63) is 0 Å². The van der Waals surface area contributed by atoms with Gasteiger partial charge in [-0.3, -0.25) is 4.99 Å². The molecule has 0 saturated carbocycles. The van der Waals surface area contributed by atoms with Crippen LogP contribution in [0.15, 0.2) is 4.99 Å². The molecule has 74 valence electrons. The maximum Gasteiger partial charge on any atom is 0.185 e. The second kappa shape index (κ2) is 7.60. The summed E-state index contributed by atoms with van der Waals surface area (Å²) in [6, 6.07) is 0. The number of aliphatic imine (C=N–C) groups is 1. The summed E-state index contributed by atoms with van der Waals surface area (Å²) < 4.78 is 0. The van der Waals surface area contributed by atoms with E-state index in [1.165, 1.54) is 0 Å². The van der Waals surface area contributed by atoms with Crippen molar-refractivity contribution < 1.29 is 5.11 Å². The van der Waals surface area contributed by atoms with E-state index in [0.29, 0.717) is 6.54 Å². The largest absolute Gasteiger partial charge is 0.391 e. The van der Waals surface area contributed by atoms with Gasteiger partial charge in [0.1, 0.15) is 0 Å². The molecule has 5 N–H and O–H groups in total. The second-order valence-corrected chi connectivity index (χ2v) is 2.72. The molecule has 4 nitrogen and oxygen atoms in total. The van der Waals surface area contributed by atoms with Gasteiger partial charge in [-0.15, -0.1) is 24.0 Å². The van der Waals surface area contributed by atoms with Gasteiger partial charge in [0, 0.05) is 0 Å². The van der Waals surface area contributed by atoms with E-state index in [2.05, 4.69) is 4.99 Å². The first-order valence-electron chi connectivity index (χ1n) is 3.81. The second-order valence-electron chi connectivity index (χ2n) is 2.72. The van der Waals surface area contributed by atoms with E-state index in [9.17, 15) is 5.11 Å². The van der Waals surface area contributed by atoms with Crippen LogP contribution in [0.5, 0.6) is 0 Å². The van der Waals surface area contributed by atoms with Crippen LogP contribution < -0.4 is 11.5 Å². The molecule has 0 aliphatic rings. The zero-order chi connectivity index (χ0) is 8.85. The molecule has 2 atom stereocenters. The predicted molar refractivity (Wildman–Crippen MR) is 61.6 cm³/mol. The van der Waals surface area contributed by atoms with Crippen LogP contribution in [0.25, 0.3) is 0 Å². The predicted octanol–water partition coefficient (Wildman–Crippen LogP) is 0.285. The summed E-state index contributed by atoms with van der Waals surface area (Å²) in [6.45, 7) is 4.29. The third-order valence-corrected chi connectivity index (χ3v) is 1.76. The summed E-state index contributed by atoms with van der Waals surface area (Å²) in [5.74, 6) is 0.283. The smallest absolute Gasteiger partial charge is 0.185 e. The third kappa shape index (κ3) is 6.66. The zero-order valence-corrected chi connectivity index (χ0v) is 9.86. The van der Waals surface area contributed by atoms with Gasteiger partial charge < -0.3 is 16.6 Å². The van der Waals surface area contributed by atoms with Gasteiger partial charge >= 0.3 is 0 Å². The monoisotopic (exact) mass is 287 g/mol. The fraction of sp³-hybridized carbons (Fsp3) is 0.857. The highest BCUT2D eigenvalue weighted by molar-refractivity contribution is 14.0. The van der Waals surface area contributed by atoms with E-state index in [0.717, 1.165) is 6.42 Å². The van der Waals surface area contributed by atoms with E-state index in [1.807, 2.05) is 13.8 Å². The van der Waals surface area contributed by atoms with Crippen molar-refractivity contribution in [3.63, 3.8) is 0 Å². The van der Waals surface area contributed by atoms with Gasteiger partial charge in [0.15, 0.2) is 5.96 Å². The lowest BCUT2D eigenvalue weighted by Gasteiger charge is -2.14. The average molecular weight is 287 g/mol. The first kappa shape index (κ1) is 14.5. The molecule has 0 rings (SSSR count). The minimum Gasteiger partial charge on any atom is -0.391 e. The van der Waals surface area contributed by atoms with Crippen LogP contribution in [0.2, 0.25) is 0 Å². The van der Waals surface area contributed by atoms with Crippen molar-refractivity contribution in [1.29, 1.82) is 0 Å². The standard InChI is InChI=1S/C7H17N3O.HI/c1-3-5(2)6(11)4-10-7(8)9;/h5-6,11H,3-4H2,1-2H3,(H4,8,9,10);1H. The summed E-state index contributed by atoms with van der Waals surface area (Å²) in [4.78, 5) is 3.72. The highest BCUT2D eigenvalue weighted by Gasteiger charge is 2.10. The molecule has 2 unspecified atom stereocenters. The maximum absolute atomic E-state index is 9.35. The Bertz CT molecular complexity index is 137. The number of rotatable bonds is 4. The molecule has 0 aliphatic carbocycles. The molecule has 0 aliphatic heterocycles. The van der Waals surface area contributed by atoms with Crippen LogP contribution in [0.4, 0.5) is 0 Å². The summed E-state index contributed by atoms with van der Waals surface area (Å²) in [7, 11) is 0. The molecule has 0 aromatic carbocycles. The minimum absolute atomic E-state index is 0. The van der Waals surface area contributed by atoms with E-state index < -0.39 is 6.10 Å². The highest BCUT2D eigenvalue weighted by Crippen LogP contribution is 2.06. The van der Waals surface area contributed by atoms with E-state index in [-0.39, 0.29) is 35.9 Å². The molecule has 12 heavy (non-hydrogen) atoms. The van der Waals surface area contributed by atoms with Gasteiger partial charge in [-0.05, 0) is 5.92 Å². The molecule has 0 saturated heterocycles. The van der Waals surface area contributed by atoms with Crippen molar-refractivity contribution in [2.24, 2.45) is 22.4 Å². The molecular weight excluding hydrogens is 269 g/mol. The molecule has 0 fully saturated rings. The first-order chi connectivity index (χ1) is 5.07. The molecule has 0 radical (unpaired) electrons. The fourth-order valence-electron chi connectivity index (χ4n) is 0.651. The Labute approximate surface area is 90.4 Å². The third-order valence-electron chi connectivity index (χ3n) is 1.76. The number of aliphatic hydroxyl groups is 1. The molecule has 5 heteroatoms. The summed E-state index contributed by atoms with van der Waals surface area (Å²) >= 11 is 0.